The Morgan fingerprint density at radius 1 is 0.944 bits per heavy atom. The zero-order valence-corrected chi connectivity index (χ0v) is 20.0. The molecule has 0 heterocycles. The van der Waals surface area contributed by atoms with Crippen molar-refractivity contribution < 1.29 is 33.9 Å². The lowest BCUT2D eigenvalue weighted by molar-refractivity contribution is -0.384. The highest BCUT2D eigenvalue weighted by molar-refractivity contribution is 5.88. The number of amides is 2. The van der Waals surface area contributed by atoms with Gasteiger partial charge in [-0.25, -0.2) is 4.79 Å². The van der Waals surface area contributed by atoms with Crippen molar-refractivity contribution >= 4 is 29.4 Å². The summed E-state index contributed by atoms with van der Waals surface area (Å²) >= 11 is 0. The van der Waals surface area contributed by atoms with Crippen LogP contribution >= 0.6 is 0 Å². The van der Waals surface area contributed by atoms with Crippen molar-refractivity contribution in [3.8, 4) is 0 Å². The molecule has 11 nitrogen and oxygen atoms in total. The van der Waals surface area contributed by atoms with Crippen LogP contribution < -0.4 is 10.6 Å². The fourth-order valence-electron chi connectivity index (χ4n) is 3.62. The summed E-state index contributed by atoms with van der Waals surface area (Å²) in [6.45, 7) is 3.48. The van der Waals surface area contributed by atoms with E-state index in [1.165, 1.54) is 24.3 Å². The zero-order chi connectivity index (χ0) is 26.7. The molecule has 0 radical (unpaired) electrons. The Labute approximate surface area is 208 Å². The van der Waals surface area contributed by atoms with Crippen LogP contribution in [0.15, 0.2) is 54.6 Å². The number of hydrogen-bond acceptors (Lipinski definition) is 7. The van der Waals surface area contributed by atoms with Crippen molar-refractivity contribution in [2.75, 3.05) is 6.61 Å². The second-order valence-electron chi connectivity index (χ2n) is 8.05. The second-order valence-corrected chi connectivity index (χ2v) is 8.05. The highest BCUT2D eigenvalue weighted by Gasteiger charge is 2.33. The van der Waals surface area contributed by atoms with Crippen molar-refractivity contribution in [1.29, 1.82) is 0 Å². The smallest absolute Gasteiger partial charge is 0.326 e. The average Bonchev–Trinajstić information content (AvgIpc) is 2.85. The molecular weight excluding hydrogens is 470 g/mol. The van der Waals surface area contributed by atoms with Crippen molar-refractivity contribution in [3.05, 3.63) is 75.8 Å². The van der Waals surface area contributed by atoms with Gasteiger partial charge in [0.25, 0.3) is 5.69 Å². The normalized spacial score (nSPS) is 13.1. The number of non-ortho nitro benzene ring substituents is 1. The highest BCUT2D eigenvalue weighted by Crippen LogP contribution is 2.27. The predicted molar refractivity (Wildman–Crippen MR) is 129 cm³/mol. The first-order chi connectivity index (χ1) is 17.1. The molecule has 36 heavy (non-hydrogen) atoms. The van der Waals surface area contributed by atoms with Crippen LogP contribution in [0.1, 0.15) is 56.2 Å². The Balaban J connectivity index is 2.09. The fourth-order valence-corrected chi connectivity index (χ4v) is 3.62. The van der Waals surface area contributed by atoms with Crippen molar-refractivity contribution in [2.24, 2.45) is 0 Å². The second kappa shape index (κ2) is 13.6. The van der Waals surface area contributed by atoms with Gasteiger partial charge in [-0.05, 0) is 25.0 Å². The highest BCUT2D eigenvalue weighted by atomic mass is 16.6. The molecule has 0 unspecified atom stereocenters. The van der Waals surface area contributed by atoms with E-state index in [2.05, 4.69) is 10.6 Å². The molecule has 0 fully saturated rings. The molecule has 2 amide bonds. The predicted octanol–water partition coefficient (Wildman–Crippen LogP) is 2.86. The van der Waals surface area contributed by atoms with Gasteiger partial charge in [-0.3, -0.25) is 24.5 Å². The lowest BCUT2D eigenvalue weighted by atomic mass is 9.88. The van der Waals surface area contributed by atoms with Crippen LogP contribution in [0.5, 0.6) is 0 Å². The molecule has 192 valence electrons. The molecule has 11 heteroatoms. The van der Waals surface area contributed by atoms with Gasteiger partial charge in [0, 0.05) is 30.9 Å². The van der Waals surface area contributed by atoms with Crippen LogP contribution in [0.2, 0.25) is 0 Å². The number of benzene rings is 2. The first-order valence-electron chi connectivity index (χ1n) is 11.4. The standard InChI is InChI=1S/C25H29N3O8/c1-3-36-23(31)15-20(18-9-11-19(12-10-18)28(34)35)24(25(32)33)27-22(30)14-13-21(29)26-16(2)17-7-5-4-6-8-17/h4-12,16,20,24H,3,13-15H2,1-2H3,(H,26,29)(H,27,30)(H,32,33)/t16-,20+,24+/m1/s1. The number of carbonyl (C=O) groups excluding carboxylic acids is 3. The number of nitrogens with zero attached hydrogens (tertiary/aromatic N) is 1. The van der Waals surface area contributed by atoms with E-state index >= 15 is 0 Å². The zero-order valence-electron chi connectivity index (χ0n) is 20.0. The summed E-state index contributed by atoms with van der Waals surface area (Å²) in [7, 11) is 0. The maximum Gasteiger partial charge on any atom is 0.326 e. The quantitative estimate of drug-likeness (QED) is 0.215. The third-order valence-electron chi connectivity index (χ3n) is 5.47. The number of carboxylic acid groups (broad SMARTS) is 1. The maximum atomic E-state index is 12.5. The summed E-state index contributed by atoms with van der Waals surface area (Å²) in [6, 6.07) is 12.5. The molecule has 0 spiro atoms. The van der Waals surface area contributed by atoms with Gasteiger partial charge in [-0.15, -0.1) is 0 Å². The molecule has 0 aromatic heterocycles. The van der Waals surface area contributed by atoms with Crippen LogP contribution in [-0.4, -0.2) is 46.4 Å². The van der Waals surface area contributed by atoms with E-state index in [1.54, 1.807) is 13.8 Å². The van der Waals surface area contributed by atoms with E-state index in [4.69, 9.17) is 4.74 Å². The molecule has 0 aliphatic rings. The van der Waals surface area contributed by atoms with Gasteiger partial charge >= 0.3 is 11.9 Å². The molecule has 2 aromatic rings. The van der Waals surface area contributed by atoms with E-state index in [1.807, 2.05) is 30.3 Å². The summed E-state index contributed by atoms with van der Waals surface area (Å²) < 4.78 is 4.94. The number of hydrogen-bond donors (Lipinski definition) is 3. The van der Waals surface area contributed by atoms with E-state index in [0.717, 1.165) is 5.56 Å². The first-order valence-corrected chi connectivity index (χ1v) is 11.4. The van der Waals surface area contributed by atoms with Crippen LogP contribution in [0, 0.1) is 10.1 Å². The minimum absolute atomic E-state index is 0.0758. The molecule has 3 atom stereocenters. The number of nitro benzene ring substituents is 1. The SMILES string of the molecule is CCOC(=O)C[C@@H](c1ccc([N+](=O)[O-])cc1)[C@H](NC(=O)CCC(=O)N[C@H](C)c1ccccc1)C(=O)O. The molecule has 2 rings (SSSR count). The molecule has 0 saturated carbocycles. The Morgan fingerprint density at radius 2 is 1.53 bits per heavy atom. The Hall–Kier alpha value is -4.28. The van der Waals surface area contributed by atoms with Gasteiger partial charge in [0.15, 0.2) is 0 Å². The third-order valence-corrected chi connectivity index (χ3v) is 5.47. The molecule has 0 aliphatic heterocycles. The van der Waals surface area contributed by atoms with Gasteiger partial charge in [0.2, 0.25) is 11.8 Å². The number of esters is 1. The summed E-state index contributed by atoms with van der Waals surface area (Å²) in [5, 5.41) is 25.9. The minimum atomic E-state index is -1.53. The monoisotopic (exact) mass is 499 g/mol. The van der Waals surface area contributed by atoms with E-state index < -0.39 is 34.7 Å². The van der Waals surface area contributed by atoms with Crippen LogP contribution in [0.3, 0.4) is 0 Å². The van der Waals surface area contributed by atoms with E-state index in [-0.39, 0.29) is 43.5 Å². The number of nitro groups is 1. The Kier molecular flexibility index (Phi) is 10.5. The van der Waals surface area contributed by atoms with Gasteiger partial charge in [0.1, 0.15) is 6.04 Å². The third kappa shape index (κ3) is 8.49. The van der Waals surface area contributed by atoms with Crippen LogP contribution in [0.4, 0.5) is 5.69 Å². The van der Waals surface area contributed by atoms with E-state index in [9.17, 15) is 34.4 Å². The lowest BCUT2D eigenvalue weighted by Gasteiger charge is -2.25. The fraction of sp³-hybridized carbons (Fsp3) is 0.360. The summed E-state index contributed by atoms with van der Waals surface area (Å²) in [4.78, 5) is 59.4. The van der Waals surface area contributed by atoms with Crippen molar-refractivity contribution in [3.63, 3.8) is 0 Å². The van der Waals surface area contributed by atoms with Gasteiger partial charge < -0.3 is 20.5 Å². The van der Waals surface area contributed by atoms with Crippen molar-refractivity contribution in [1.82, 2.24) is 10.6 Å². The molecule has 2 aromatic carbocycles. The Morgan fingerprint density at radius 3 is 2.06 bits per heavy atom. The molecule has 0 aliphatic carbocycles. The lowest BCUT2D eigenvalue weighted by Crippen LogP contribution is -2.46. The molecular formula is C25H29N3O8. The van der Waals surface area contributed by atoms with Crippen LogP contribution in [0.25, 0.3) is 0 Å². The first kappa shape index (κ1) is 28.0. The average molecular weight is 500 g/mol. The number of rotatable bonds is 13. The largest absolute Gasteiger partial charge is 0.480 e. The van der Waals surface area contributed by atoms with Gasteiger partial charge in [-0.1, -0.05) is 42.5 Å². The number of ether oxygens (including phenoxy) is 1. The molecule has 3 N–H and O–H groups in total. The Bertz CT molecular complexity index is 1070. The maximum absolute atomic E-state index is 12.5. The topological polar surface area (TPSA) is 165 Å². The van der Waals surface area contributed by atoms with Gasteiger partial charge in [-0.2, -0.15) is 0 Å². The number of aliphatic carboxylic acids is 1. The summed E-state index contributed by atoms with van der Waals surface area (Å²) in [6.07, 6.45) is -0.823. The van der Waals surface area contributed by atoms with Gasteiger partial charge in [0.05, 0.1) is 24.0 Å². The minimum Gasteiger partial charge on any atom is -0.480 e. The number of carbonyl (C=O) groups is 4. The van der Waals surface area contributed by atoms with E-state index in [0.29, 0.717) is 5.56 Å². The van der Waals surface area contributed by atoms with Crippen LogP contribution in [-0.2, 0) is 23.9 Å². The summed E-state index contributed by atoms with van der Waals surface area (Å²) in [5.41, 5.74) is 0.988. The molecule has 0 saturated heterocycles. The van der Waals surface area contributed by atoms with Crippen molar-refractivity contribution in [2.45, 2.75) is 51.1 Å². The number of nitrogens with one attached hydrogen (secondary N) is 2. The summed E-state index contributed by atoms with van der Waals surface area (Å²) in [5.74, 6) is -4.22. The number of carboxylic acids is 1. The molecule has 0 bridgehead atoms.